The van der Waals surface area contributed by atoms with E-state index in [2.05, 4.69) is 16.8 Å². The summed E-state index contributed by atoms with van der Waals surface area (Å²) >= 11 is 0. The summed E-state index contributed by atoms with van der Waals surface area (Å²) in [6.07, 6.45) is 3.65. The van der Waals surface area contributed by atoms with Gasteiger partial charge in [0.1, 0.15) is 5.65 Å². The van der Waals surface area contributed by atoms with Crippen LogP contribution in [0.15, 0.2) is 24.5 Å². The number of anilines is 1. The Bertz CT molecular complexity index is 653. The van der Waals surface area contributed by atoms with Crippen LogP contribution >= 0.6 is 0 Å². The molecule has 0 radical (unpaired) electrons. The molecule has 3 rings (SSSR count). The van der Waals surface area contributed by atoms with Gasteiger partial charge >= 0.3 is 5.97 Å². The van der Waals surface area contributed by atoms with Crippen molar-refractivity contribution >= 4 is 17.3 Å². The van der Waals surface area contributed by atoms with Gasteiger partial charge in [0.2, 0.25) is 0 Å². The number of aromatic nitrogens is 2. The largest absolute Gasteiger partial charge is 0.461 e. The van der Waals surface area contributed by atoms with Crippen molar-refractivity contribution in [2.75, 3.05) is 31.2 Å². The van der Waals surface area contributed by atoms with Gasteiger partial charge in [0.25, 0.3) is 0 Å². The molecular weight excluding hydrogens is 270 g/mol. The number of hydrogen-bond donors (Lipinski definition) is 0. The molecule has 1 saturated heterocycles. The Hall–Kier alpha value is -2.08. The molecule has 0 amide bonds. The second kappa shape index (κ2) is 5.73. The van der Waals surface area contributed by atoms with Gasteiger partial charge in [-0.15, -0.1) is 0 Å². The van der Waals surface area contributed by atoms with Gasteiger partial charge in [-0.2, -0.15) is 0 Å². The van der Waals surface area contributed by atoms with Crippen LogP contribution in [0.1, 0.15) is 24.3 Å². The van der Waals surface area contributed by atoms with Crippen molar-refractivity contribution in [2.24, 2.45) is 0 Å². The lowest BCUT2D eigenvalue weighted by atomic mass is 10.2. The molecule has 2 aromatic heterocycles. The molecule has 1 atom stereocenters. The van der Waals surface area contributed by atoms with E-state index in [0.717, 1.165) is 31.0 Å². The van der Waals surface area contributed by atoms with Crippen molar-refractivity contribution in [1.82, 2.24) is 9.38 Å². The number of rotatable bonds is 3. The second-order valence-electron chi connectivity index (χ2n) is 5.10. The third-order valence-electron chi connectivity index (χ3n) is 3.59. The summed E-state index contributed by atoms with van der Waals surface area (Å²) in [5.74, 6) is -0.349. The molecule has 1 fully saturated rings. The molecule has 3 heterocycles. The van der Waals surface area contributed by atoms with Gasteiger partial charge in [-0.3, -0.25) is 4.40 Å². The lowest BCUT2D eigenvalue weighted by molar-refractivity contribution is 0.0518. The highest BCUT2D eigenvalue weighted by Gasteiger charge is 2.18. The zero-order chi connectivity index (χ0) is 14.8. The smallest absolute Gasteiger partial charge is 0.356 e. The number of hydrogen-bond acceptors (Lipinski definition) is 5. The van der Waals surface area contributed by atoms with Crippen LogP contribution in [0.2, 0.25) is 0 Å². The van der Waals surface area contributed by atoms with E-state index in [1.54, 1.807) is 17.5 Å². The van der Waals surface area contributed by atoms with Gasteiger partial charge in [-0.05, 0) is 19.9 Å². The third-order valence-corrected chi connectivity index (χ3v) is 3.59. The molecule has 1 aliphatic rings. The quantitative estimate of drug-likeness (QED) is 0.806. The molecule has 0 aliphatic carbocycles. The third kappa shape index (κ3) is 2.71. The van der Waals surface area contributed by atoms with Gasteiger partial charge in [-0.1, -0.05) is 0 Å². The topological polar surface area (TPSA) is 56.1 Å². The standard InChI is InChI=1S/C15H19N3O3/c1-3-20-15(19)13-9-16-14-8-12(4-5-18(13)14)17-6-7-21-11(2)10-17/h4-5,8-9,11H,3,6-7,10H2,1-2H3/t11-/m1/s1. The summed E-state index contributed by atoms with van der Waals surface area (Å²) in [6.45, 7) is 6.68. The van der Waals surface area contributed by atoms with Crippen LogP contribution in [0.25, 0.3) is 5.65 Å². The number of esters is 1. The van der Waals surface area contributed by atoms with E-state index in [4.69, 9.17) is 9.47 Å². The Morgan fingerprint density at radius 3 is 3.19 bits per heavy atom. The van der Waals surface area contributed by atoms with Gasteiger partial charge in [0.05, 0.1) is 25.5 Å². The Morgan fingerprint density at radius 2 is 2.43 bits per heavy atom. The maximum Gasteiger partial charge on any atom is 0.356 e. The number of ether oxygens (including phenoxy) is 2. The van der Waals surface area contributed by atoms with Crippen LogP contribution in [0.3, 0.4) is 0 Å². The van der Waals surface area contributed by atoms with E-state index in [-0.39, 0.29) is 12.1 Å². The van der Waals surface area contributed by atoms with Crippen molar-refractivity contribution < 1.29 is 14.3 Å². The van der Waals surface area contributed by atoms with E-state index in [1.165, 1.54) is 0 Å². The lowest BCUT2D eigenvalue weighted by Gasteiger charge is -2.32. The number of carbonyl (C=O) groups excluding carboxylic acids is 1. The molecule has 2 aromatic rings. The van der Waals surface area contributed by atoms with Crippen molar-refractivity contribution in [3.8, 4) is 0 Å². The summed E-state index contributed by atoms with van der Waals surface area (Å²) < 4.78 is 12.3. The molecule has 6 nitrogen and oxygen atoms in total. The number of fused-ring (bicyclic) bond motifs is 1. The predicted octanol–water partition coefficient (Wildman–Crippen LogP) is 1.74. The first-order valence-electron chi connectivity index (χ1n) is 7.20. The van der Waals surface area contributed by atoms with Crippen LogP contribution in [0.4, 0.5) is 5.69 Å². The van der Waals surface area contributed by atoms with Crippen LogP contribution < -0.4 is 4.90 Å². The first-order valence-corrected chi connectivity index (χ1v) is 7.20. The van der Waals surface area contributed by atoms with Crippen molar-refractivity contribution in [3.05, 3.63) is 30.2 Å². The minimum atomic E-state index is -0.349. The average molecular weight is 289 g/mol. The van der Waals surface area contributed by atoms with Gasteiger partial charge in [0.15, 0.2) is 5.69 Å². The Morgan fingerprint density at radius 1 is 1.57 bits per heavy atom. The molecule has 21 heavy (non-hydrogen) atoms. The summed E-state index contributed by atoms with van der Waals surface area (Å²) in [5.41, 5.74) is 2.29. The average Bonchev–Trinajstić information content (AvgIpc) is 2.90. The molecule has 0 unspecified atom stereocenters. The fraction of sp³-hybridized carbons (Fsp3) is 0.467. The summed E-state index contributed by atoms with van der Waals surface area (Å²) in [5, 5.41) is 0. The second-order valence-corrected chi connectivity index (χ2v) is 5.10. The molecule has 112 valence electrons. The fourth-order valence-corrected chi connectivity index (χ4v) is 2.58. The first kappa shape index (κ1) is 13.9. The molecule has 0 aromatic carbocycles. The number of imidazole rings is 1. The van der Waals surface area contributed by atoms with Crippen LogP contribution in [-0.2, 0) is 9.47 Å². The molecule has 0 spiro atoms. The van der Waals surface area contributed by atoms with Crippen LogP contribution in [0, 0.1) is 0 Å². The van der Waals surface area contributed by atoms with E-state index in [1.807, 2.05) is 18.3 Å². The van der Waals surface area contributed by atoms with Gasteiger partial charge in [-0.25, -0.2) is 9.78 Å². The molecule has 0 bridgehead atoms. The lowest BCUT2D eigenvalue weighted by Crippen LogP contribution is -2.41. The molecule has 1 aliphatic heterocycles. The van der Waals surface area contributed by atoms with E-state index in [9.17, 15) is 4.79 Å². The van der Waals surface area contributed by atoms with E-state index < -0.39 is 0 Å². The van der Waals surface area contributed by atoms with Gasteiger partial charge < -0.3 is 14.4 Å². The summed E-state index contributed by atoms with van der Waals surface area (Å²) in [4.78, 5) is 18.4. The Balaban J connectivity index is 1.89. The monoisotopic (exact) mass is 289 g/mol. The highest BCUT2D eigenvalue weighted by atomic mass is 16.5. The van der Waals surface area contributed by atoms with Crippen LogP contribution in [0.5, 0.6) is 0 Å². The van der Waals surface area contributed by atoms with Crippen molar-refractivity contribution in [2.45, 2.75) is 20.0 Å². The molecular formula is C15H19N3O3. The molecule has 0 N–H and O–H groups in total. The SMILES string of the molecule is CCOC(=O)c1cnc2cc(N3CCO[C@H](C)C3)ccn12. The summed E-state index contributed by atoms with van der Waals surface area (Å²) in [6, 6.07) is 3.98. The van der Waals surface area contributed by atoms with Gasteiger partial charge in [0, 0.05) is 31.0 Å². The number of pyridine rings is 1. The normalized spacial score (nSPS) is 19.0. The first-order chi connectivity index (χ1) is 10.2. The minimum absolute atomic E-state index is 0.227. The Kier molecular flexibility index (Phi) is 3.79. The predicted molar refractivity (Wildman–Crippen MR) is 78.8 cm³/mol. The Labute approximate surface area is 123 Å². The zero-order valence-electron chi connectivity index (χ0n) is 12.3. The fourth-order valence-electron chi connectivity index (χ4n) is 2.58. The van der Waals surface area contributed by atoms with Crippen molar-refractivity contribution in [3.63, 3.8) is 0 Å². The zero-order valence-corrected chi connectivity index (χ0v) is 12.3. The maximum absolute atomic E-state index is 11.8. The highest BCUT2D eigenvalue weighted by Crippen LogP contribution is 2.20. The summed E-state index contributed by atoms with van der Waals surface area (Å²) in [7, 11) is 0. The maximum atomic E-state index is 11.8. The minimum Gasteiger partial charge on any atom is -0.461 e. The number of carbonyl (C=O) groups is 1. The molecule has 0 saturated carbocycles. The highest BCUT2D eigenvalue weighted by molar-refractivity contribution is 5.88. The molecule has 6 heteroatoms. The number of morpholine rings is 1. The van der Waals surface area contributed by atoms with Crippen molar-refractivity contribution in [1.29, 1.82) is 0 Å². The van der Waals surface area contributed by atoms with E-state index >= 15 is 0 Å². The number of nitrogens with zero attached hydrogens (tertiary/aromatic N) is 3. The van der Waals surface area contributed by atoms with Crippen LogP contribution in [-0.4, -0.2) is 47.8 Å². The van der Waals surface area contributed by atoms with E-state index in [0.29, 0.717) is 12.3 Å².